The number of nitrogens with zero attached hydrogens (tertiary/aromatic N) is 1. The third-order valence-electron chi connectivity index (χ3n) is 3.43. The van der Waals surface area contributed by atoms with Crippen LogP contribution in [0.25, 0.3) is 0 Å². The zero-order valence-corrected chi connectivity index (χ0v) is 11.1. The van der Waals surface area contributed by atoms with Crippen molar-refractivity contribution in [3.05, 3.63) is 0 Å². The molecule has 0 aliphatic carbocycles. The van der Waals surface area contributed by atoms with E-state index in [0.717, 1.165) is 12.8 Å². The Balaban J connectivity index is 2.80. The van der Waals surface area contributed by atoms with E-state index in [9.17, 15) is 4.21 Å². The van der Waals surface area contributed by atoms with Crippen LogP contribution in [-0.4, -0.2) is 24.8 Å². The average molecular weight is 217 g/mol. The van der Waals surface area contributed by atoms with Crippen LogP contribution in [0.15, 0.2) is 0 Å². The standard InChI is InChI=1S/C11H23NOS/c1-7-11(8-2)9(3)12(11)14(13)10(4,5)6/h9H,7-8H2,1-6H3/t9-,12?,14+/m0/s1. The summed E-state index contributed by atoms with van der Waals surface area (Å²) in [6.07, 6.45) is 2.21. The summed E-state index contributed by atoms with van der Waals surface area (Å²) in [5.74, 6) is 0. The summed E-state index contributed by atoms with van der Waals surface area (Å²) in [5.41, 5.74) is 0.220. The van der Waals surface area contributed by atoms with Gasteiger partial charge in [-0.15, -0.1) is 0 Å². The third kappa shape index (κ3) is 1.65. The number of rotatable bonds is 3. The Labute approximate surface area is 90.7 Å². The smallest absolute Gasteiger partial charge is 0.101 e. The van der Waals surface area contributed by atoms with Gasteiger partial charge in [-0.3, -0.25) is 0 Å². The Morgan fingerprint density at radius 2 is 1.71 bits per heavy atom. The summed E-state index contributed by atoms with van der Waals surface area (Å²) >= 11 is 0. The average Bonchev–Trinajstić information content (AvgIpc) is 2.68. The first-order chi connectivity index (χ1) is 6.31. The molecule has 84 valence electrons. The van der Waals surface area contributed by atoms with Crippen molar-refractivity contribution in [3.8, 4) is 0 Å². The van der Waals surface area contributed by atoms with E-state index in [1.54, 1.807) is 0 Å². The zero-order valence-electron chi connectivity index (χ0n) is 10.3. The largest absolute Gasteiger partial charge is 0.242 e. The van der Waals surface area contributed by atoms with Gasteiger partial charge in [-0.2, -0.15) is 0 Å². The lowest BCUT2D eigenvalue weighted by atomic mass is 10.00. The molecule has 1 unspecified atom stereocenters. The lowest BCUT2D eigenvalue weighted by Crippen LogP contribution is -2.31. The summed E-state index contributed by atoms with van der Waals surface area (Å²) in [6, 6.07) is 0.484. The Bertz CT molecular complexity index is 240. The van der Waals surface area contributed by atoms with E-state index in [2.05, 4.69) is 25.1 Å². The second-order valence-electron chi connectivity index (χ2n) is 5.17. The second kappa shape index (κ2) is 3.60. The van der Waals surface area contributed by atoms with Gasteiger partial charge >= 0.3 is 0 Å². The molecule has 1 saturated heterocycles. The maximum absolute atomic E-state index is 12.2. The third-order valence-corrected chi connectivity index (χ3v) is 5.51. The van der Waals surface area contributed by atoms with Crippen molar-refractivity contribution >= 4 is 11.0 Å². The predicted molar refractivity (Wildman–Crippen MR) is 62.5 cm³/mol. The molecule has 1 heterocycles. The molecule has 3 heteroatoms. The van der Waals surface area contributed by atoms with Crippen molar-refractivity contribution in [2.45, 2.75) is 70.7 Å². The first-order valence-electron chi connectivity index (χ1n) is 5.52. The fourth-order valence-corrected chi connectivity index (χ4v) is 4.02. The molecule has 1 fully saturated rings. The lowest BCUT2D eigenvalue weighted by Gasteiger charge is -2.21. The maximum atomic E-state index is 12.2. The number of hydrogen-bond acceptors (Lipinski definition) is 1. The minimum Gasteiger partial charge on any atom is -0.242 e. The molecule has 14 heavy (non-hydrogen) atoms. The van der Waals surface area contributed by atoms with Gasteiger partial charge < -0.3 is 0 Å². The van der Waals surface area contributed by atoms with E-state index in [0.29, 0.717) is 6.04 Å². The van der Waals surface area contributed by atoms with Gasteiger partial charge in [0.2, 0.25) is 0 Å². The highest BCUT2D eigenvalue weighted by Gasteiger charge is 2.61. The minimum absolute atomic E-state index is 0.125. The molecule has 0 N–H and O–H groups in total. The molecule has 0 bridgehead atoms. The van der Waals surface area contributed by atoms with Crippen LogP contribution in [0.2, 0.25) is 0 Å². The highest BCUT2D eigenvalue weighted by molar-refractivity contribution is 7.84. The molecule has 0 aromatic heterocycles. The molecular formula is C11H23NOS. The normalized spacial score (nSPS) is 32.7. The van der Waals surface area contributed by atoms with Crippen LogP contribution in [-0.2, 0) is 11.0 Å². The monoisotopic (exact) mass is 217 g/mol. The summed E-state index contributed by atoms with van der Waals surface area (Å²) in [4.78, 5) is 0. The van der Waals surface area contributed by atoms with Crippen LogP contribution in [0.3, 0.4) is 0 Å². The van der Waals surface area contributed by atoms with Crippen molar-refractivity contribution < 1.29 is 4.21 Å². The van der Waals surface area contributed by atoms with Crippen LogP contribution in [0.4, 0.5) is 0 Å². The Morgan fingerprint density at radius 3 is 1.93 bits per heavy atom. The van der Waals surface area contributed by atoms with Gasteiger partial charge in [0.05, 0.1) is 4.75 Å². The summed E-state index contributed by atoms with van der Waals surface area (Å²) in [5, 5.41) is 0. The molecule has 1 rings (SSSR count). The predicted octanol–water partition coefficient (Wildman–Crippen LogP) is 2.71. The molecule has 0 amide bonds. The minimum atomic E-state index is -0.844. The summed E-state index contributed by atoms with van der Waals surface area (Å²) in [7, 11) is -0.844. The summed E-state index contributed by atoms with van der Waals surface area (Å²) in [6.45, 7) is 12.7. The molecule has 3 atom stereocenters. The van der Waals surface area contributed by atoms with E-state index >= 15 is 0 Å². The zero-order chi connectivity index (χ0) is 11.1. The van der Waals surface area contributed by atoms with E-state index in [1.807, 2.05) is 20.8 Å². The van der Waals surface area contributed by atoms with Gasteiger partial charge in [-0.25, -0.2) is 8.51 Å². The first kappa shape index (κ1) is 12.2. The van der Waals surface area contributed by atoms with Crippen LogP contribution in [0.5, 0.6) is 0 Å². The SMILES string of the molecule is CCC1(CC)[C@H](C)N1[S@](=O)C(C)(C)C. The maximum Gasteiger partial charge on any atom is 0.101 e. The molecule has 0 aromatic rings. The number of hydrogen-bond donors (Lipinski definition) is 0. The van der Waals surface area contributed by atoms with Crippen LogP contribution < -0.4 is 0 Å². The fraction of sp³-hybridized carbons (Fsp3) is 1.00. The van der Waals surface area contributed by atoms with E-state index in [4.69, 9.17) is 0 Å². The Kier molecular flexibility index (Phi) is 3.13. The molecule has 2 nitrogen and oxygen atoms in total. The molecular weight excluding hydrogens is 194 g/mol. The first-order valence-corrected chi connectivity index (χ1v) is 6.63. The van der Waals surface area contributed by atoms with E-state index in [-0.39, 0.29) is 10.3 Å². The molecule has 0 radical (unpaired) electrons. The van der Waals surface area contributed by atoms with Crippen molar-refractivity contribution in [2.24, 2.45) is 0 Å². The van der Waals surface area contributed by atoms with Crippen molar-refractivity contribution in [2.75, 3.05) is 0 Å². The van der Waals surface area contributed by atoms with Gasteiger partial charge in [0.15, 0.2) is 0 Å². The van der Waals surface area contributed by atoms with Crippen LogP contribution in [0, 0.1) is 0 Å². The van der Waals surface area contributed by atoms with Gasteiger partial charge in [-0.1, -0.05) is 13.8 Å². The molecule has 1 aliphatic rings. The highest BCUT2D eigenvalue weighted by Crippen LogP contribution is 2.49. The quantitative estimate of drug-likeness (QED) is 0.666. The van der Waals surface area contributed by atoms with Crippen LogP contribution in [0.1, 0.15) is 54.4 Å². The molecule has 0 aromatic carbocycles. The van der Waals surface area contributed by atoms with Gasteiger partial charge in [0.25, 0.3) is 0 Å². The Morgan fingerprint density at radius 1 is 1.29 bits per heavy atom. The van der Waals surface area contributed by atoms with Gasteiger partial charge in [0, 0.05) is 11.6 Å². The van der Waals surface area contributed by atoms with Crippen molar-refractivity contribution in [1.82, 2.24) is 4.31 Å². The molecule has 1 aliphatic heterocycles. The topological polar surface area (TPSA) is 20.1 Å². The van der Waals surface area contributed by atoms with E-state index in [1.165, 1.54) is 0 Å². The molecule has 0 spiro atoms. The van der Waals surface area contributed by atoms with Crippen molar-refractivity contribution in [1.29, 1.82) is 0 Å². The summed E-state index contributed by atoms with van der Waals surface area (Å²) < 4.78 is 14.3. The van der Waals surface area contributed by atoms with Crippen molar-refractivity contribution in [3.63, 3.8) is 0 Å². The van der Waals surface area contributed by atoms with E-state index < -0.39 is 11.0 Å². The fourth-order valence-electron chi connectivity index (χ4n) is 2.26. The lowest BCUT2D eigenvalue weighted by molar-refractivity contribution is 0.489. The second-order valence-corrected chi connectivity index (χ2v) is 7.29. The van der Waals surface area contributed by atoms with Crippen LogP contribution >= 0.6 is 0 Å². The highest BCUT2D eigenvalue weighted by atomic mass is 32.2. The van der Waals surface area contributed by atoms with Gasteiger partial charge in [-0.05, 0) is 40.5 Å². The molecule has 0 saturated carbocycles. The Hall–Kier alpha value is 0.110. The van der Waals surface area contributed by atoms with Gasteiger partial charge in [0.1, 0.15) is 11.0 Å².